The van der Waals surface area contributed by atoms with E-state index in [-0.39, 0.29) is 5.69 Å². The van der Waals surface area contributed by atoms with E-state index in [9.17, 15) is 10.1 Å². The minimum absolute atomic E-state index is 0.00852. The van der Waals surface area contributed by atoms with Crippen LogP contribution in [0, 0.1) is 10.1 Å². The van der Waals surface area contributed by atoms with Gasteiger partial charge in [0, 0.05) is 6.54 Å². The molecule has 0 spiro atoms. The molecule has 0 heterocycles. The minimum atomic E-state index is -0.403. The average molecular weight is 267 g/mol. The van der Waals surface area contributed by atoms with Crippen LogP contribution < -0.4 is 10.1 Å². The van der Waals surface area contributed by atoms with E-state index in [0.717, 1.165) is 13.0 Å². The summed E-state index contributed by atoms with van der Waals surface area (Å²) in [5.74, 6) is 0.310. The summed E-state index contributed by atoms with van der Waals surface area (Å²) in [6.07, 6.45) is 0.920. The molecule has 0 aliphatic carbocycles. The molecule has 0 saturated carbocycles. The number of para-hydroxylation sites is 1. The van der Waals surface area contributed by atoms with Crippen molar-refractivity contribution in [1.82, 2.24) is 4.90 Å². The van der Waals surface area contributed by atoms with Crippen LogP contribution in [0.5, 0.6) is 5.75 Å². The summed E-state index contributed by atoms with van der Waals surface area (Å²) in [4.78, 5) is 12.8. The number of anilines is 1. The van der Waals surface area contributed by atoms with Gasteiger partial charge in [0.1, 0.15) is 5.69 Å². The van der Waals surface area contributed by atoms with E-state index in [2.05, 4.69) is 10.2 Å². The summed E-state index contributed by atoms with van der Waals surface area (Å²) in [7, 11) is 4.00. The summed E-state index contributed by atoms with van der Waals surface area (Å²) >= 11 is 0. The Kier molecular flexibility index (Phi) is 6.08. The van der Waals surface area contributed by atoms with Gasteiger partial charge in [0.05, 0.1) is 11.5 Å². The predicted molar refractivity (Wildman–Crippen MR) is 75.9 cm³/mol. The maximum absolute atomic E-state index is 11.1. The van der Waals surface area contributed by atoms with Gasteiger partial charge in [0.25, 0.3) is 0 Å². The molecule has 0 aliphatic rings. The zero-order valence-electron chi connectivity index (χ0n) is 11.7. The number of nitro groups is 1. The van der Waals surface area contributed by atoms with Gasteiger partial charge in [0.15, 0.2) is 5.75 Å². The number of nitrogens with zero attached hydrogens (tertiary/aromatic N) is 2. The van der Waals surface area contributed by atoms with E-state index in [1.807, 2.05) is 14.1 Å². The lowest BCUT2D eigenvalue weighted by atomic mass is 10.2. The maximum Gasteiger partial charge on any atom is 0.333 e. The summed E-state index contributed by atoms with van der Waals surface area (Å²) in [6, 6.07) is 5.08. The Labute approximate surface area is 113 Å². The SMILES string of the molecule is CCOc1cccc(NCCCN(C)C)c1[N+](=O)[O-]. The molecular weight excluding hydrogens is 246 g/mol. The Morgan fingerprint density at radius 2 is 2.16 bits per heavy atom. The molecule has 0 amide bonds. The number of hydrogen-bond donors (Lipinski definition) is 1. The van der Waals surface area contributed by atoms with E-state index in [1.165, 1.54) is 0 Å². The second-order valence-electron chi connectivity index (χ2n) is 4.43. The van der Waals surface area contributed by atoms with Crippen molar-refractivity contribution in [2.45, 2.75) is 13.3 Å². The summed E-state index contributed by atoms with van der Waals surface area (Å²) in [5, 5.41) is 14.2. The van der Waals surface area contributed by atoms with Gasteiger partial charge in [0.2, 0.25) is 0 Å². The van der Waals surface area contributed by atoms with E-state index < -0.39 is 4.92 Å². The fraction of sp³-hybridized carbons (Fsp3) is 0.538. The fourth-order valence-corrected chi connectivity index (χ4v) is 1.74. The van der Waals surface area contributed by atoms with E-state index in [0.29, 0.717) is 24.6 Å². The summed E-state index contributed by atoms with van der Waals surface area (Å²) in [6.45, 7) is 3.84. The van der Waals surface area contributed by atoms with Crippen LogP contribution in [0.15, 0.2) is 18.2 Å². The Hall–Kier alpha value is -1.82. The van der Waals surface area contributed by atoms with Crippen LogP contribution in [-0.2, 0) is 0 Å². The zero-order chi connectivity index (χ0) is 14.3. The van der Waals surface area contributed by atoms with Gasteiger partial charge in [-0.3, -0.25) is 10.1 Å². The quantitative estimate of drug-likeness (QED) is 0.445. The molecule has 0 atom stereocenters. The van der Waals surface area contributed by atoms with Crippen molar-refractivity contribution in [3.63, 3.8) is 0 Å². The molecule has 0 radical (unpaired) electrons. The van der Waals surface area contributed by atoms with E-state index in [1.54, 1.807) is 25.1 Å². The Balaban J connectivity index is 2.76. The van der Waals surface area contributed by atoms with Crippen molar-refractivity contribution in [3.8, 4) is 5.75 Å². The highest BCUT2D eigenvalue weighted by Gasteiger charge is 2.20. The van der Waals surface area contributed by atoms with Gasteiger partial charge in [-0.25, -0.2) is 0 Å². The molecule has 1 rings (SSSR count). The second kappa shape index (κ2) is 7.58. The third-order valence-corrected chi connectivity index (χ3v) is 2.58. The third kappa shape index (κ3) is 4.75. The standard InChI is InChI=1S/C13H21N3O3/c1-4-19-12-8-5-7-11(13(12)16(17)18)14-9-6-10-15(2)3/h5,7-8,14H,4,6,9-10H2,1-3H3. The van der Waals surface area contributed by atoms with Crippen molar-refractivity contribution >= 4 is 11.4 Å². The number of nitrogens with one attached hydrogen (secondary N) is 1. The first-order chi connectivity index (χ1) is 9.06. The van der Waals surface area contributed by atoms with Gasteiger partial charge >= 0.3 is 5.69 Å². The van der Waals surface area contributed by atoms with Crippen LogP contribution in [-0.4, -0.2) is 43.6 Å². The van der Waals surface area contributed by atoms with Crippen LogP contribution in [0.4, 0.5) is 11.4 Å². The molecule has 1 aromatic carbocycles. The van der Waals surface area contributed by atoms with Gasteiger partial charge in [-0.2, -0.15) is 0 Å². The molecule has 0 unspecified atom stereocenters. The lowest BCUT2D eigenvalue weighted by molar-refractivity contribution is -0.384. The molecule has 6 nitrogen and oxygen atoms in total. The molecule has 6 heteroatoms. The lowest BCUT2D eigenvalue weighted by Gasteiger charge is -2.12. The Morgan fingerprint density at radius 1 is 1.42 bits per heavy atom. The molecule has 0 aliphatic heterocycles. The number of ether oxygens (including phenoxy) is 1. The lowest BCUT2D eigenvalue weighted by Crippen LogP contribution is -2.16. The molecule has 0 bridgehead atoms. The first kappa shape index (κ1) is 15.2. The normalized spacial score (nSPS) is 10.5. The van der Waals surface area contributed by atoms with Crippen molar-refractivity contribution in [3.05, 3.63) is 28.3 Å². The Bertz CT molecular complexity index is 422. The van der Waals surface area contributed by atoms with Crippen LogP contribution in [0.3, 0.4) is 0 Å². The monoisotopic (exact) mass is 267 g/mol. The number of nitro benzene ring substituents is 1. The smallest absolute Gasteiger partial charge is 0.333 e. The van der Waals surface area contributed by atoms with Crippen LogP contribution in [0.25, 0.3) is 0 Å². The van der Waals surface area contributed by atoms with Gasteiger partial charge in [-0.05, 0) is 46.1 Å². The zero-order valence-corrected chi connectivity index (χ0v) is 11.7. The average Bonchev–Trinajstić information content (AvgIpc) is 2.34. The molecule has 0 saturated heterocycles. The molecule has 1 aromatic rings. The van der Waals surface area contributed by atoms with Crippen molar-refractivity contribution in [2.24, 2.45) is 0 Å². The number of hydrogen-bond acceptors (Lipinski definition) is 5. The van der Waals surface area contributed by atoms with Gasteiger partial charge in [-0.1, -0.05) is 6.07 Å². The Morgan fingerprint density at radius 3 is 2.74 bits per heavy atom. The van der Waals surface area contributed by atoms with Crippen LogP contribution >= 0.6 is 0 Å². The predicted octanol–water partition coefficient (Wildman–Crippen LogP) is 2.36. The molecular formula is C13H21N3O3. The van der Waals surface area contributed by atoms with Crippen LogP contribution in [0.1, 0.15) is 13.3 Å². The van der Waals surface area contributed by atoms with Gasteiger partial charge < -0.3 is 15.0 Å². The third-order valence-electron chi connectivity index (χ3n) is 2.58. The largest absolute Gasteiger partial charge is 0.487 e. The first-order valence-electron chi connectivity index (χ1n) is 6.35. The summed E-state index contributed by atoms with van der Waals surface area (Å²) in [5.41, 5.74) is 0.518. The fourth-order valence-electron chi connectivity index (χ4n) is 1.74. The molecule has 106 valence electrons. The van der Waals surface area contributed by atoms with E-state index >= 15 is 0 Å². The minimum Gasteiger partial charge on any atom is -0.487 e. The highest BCUT2D eigenvalue weighted by Crippen LogP contribution is 2.34. The first-order valence-corrected chi connectivity index (χ1v) is 6.35. The van der Waals surface area contributed by atoms with E-state index in [4.69, 9.17) is 4.74 Å². The highest BCUT2D eigenvalue weighted by atomic mass is 16.6. The molecule has 1 N–H and O–H groups in total. The molecule has 0 fully saturated rings. The van der Waals surface area contributed by atoms with Crippen molar-refractivity contribution in [2.75, 3.05) is 39.1 Å². The summed E-state index contributed by atoms with van der Waals surface area (Å²) < 4.78 is 5.29. The van der Waals surface area contributed by atoms with Crippen LogP contribution in [0.2, 0.25) is 0 Å². The molecule has 19 heavy (non-hydrogen) atoms. The van der Waals surface area contributed by atoms with Crippen molar-refractivity contribution < 1.29 is 9.66 Å². The van der Waals surface area contributed by atoms with Gasteiger partial charge in [-0.15, -0.1) is 0 Å². The maximum atomic E-state index is 11.1. The number of benzene rings is 1. The topological polar surface area (TPSA) is 67.6 Å². The second-order valence-corrected chi connectivity index (χ2v) is 4.43. The highest BCUT2D eigenvalue weighted by molar-refractivity contribution is 5.68. The molecule has 0 aromatic heterocycles. The number of rotatable bonds is 8. The van der Waals surface area contributed by atoms with Crippen molar-refractivity contribution in [1.29, 1.82) is 0 Å².